The molecule has 4 rings (SSSR count). The van der Waals surface area contributed by atoms with E-state index in [0.717, 1.165) is 35.8 Å². The lowest BCUT2D eigenvalue weighted by Gasteiger charge is -2.36. The highest BCUT2D eigenvalue weighted by Gasteiger charge is 2.31. The number of anilines is 2. The molecule has 1 fully saturated rings. The number of nitrogens with one attached hydrogen (secondary N) is 1. The second kappa shape index (κ2) is 15.6. The largest absolute Gasteiger partial charge is 0.379 e. The normalized spacial score (nSPS) is 15.1. The number of rotatable bonds is 15. The first-order valence-electron chi connectivity index (χ1n) is 13.5. The van der Waals surface area contributed by atoms with Crippen LogP contribution in [0, 0.1) is 5.92 Å². The molecule has 3 aromatic rings. The van der Waals surface area contributed by atoms with Crippen LogP contribution in [-0.4, -0.2) is 81.7 Å². The summed E-state index contributed by atoms with van der Waals surface area (Å²) in [5.41, 5.74) is 9.67. The molecule has 0 saturated carbocycles. The Morgan fingerprint density at radius 1 is 1.07 bits per heavy atom. The standard InChI is InChI=1S/C28H35N7O5/c29-33-32-9-12-38-14-16-40-17-15-39-13-11-35(24-7-8-27(36)31-19-24)28(37)23-5-3-10-34(21-23)26-20-30-18-22-4-1-2-6-25(22)26/h1-2,4,6-8,18-20,23H,3,5,9-17,21H2,(H,31,36). The molecule has 40 heavy (non-hydrogen) atoms. The first kappa shape index (κ1) is 29.0. The Labute approximate surface area is 232 Å². The van der Waals surface area contributed by atoms with Gasteiger partial charge in [-0.15, -0.1) is 0 Å². The summed E-state index contributed by atoms with van der Waals surface area (Å²) in [5, 5.41) is 5.59. The summed E-state index contributed by atoms with van der Waals surface area (Å²) in [5.74, 6) is -0.204. The number of piperidine rings is 1. The van der Waals surface area contributed by atoms with Crippen molar-refractivity contribution >= 4 is 28.1 Å². The van der Waals surface area contributed by atoms with Crippen LogP contribution in [0.1, 0.15) is 12.8 Å². The monoisotopic (exact) mass is 549 g/mol. The van der Waals surface area contributed by atoms with Gasteiger partial charge in [0.25, 0.3) is 0 Å². The Morgan fingerprint density at radius 3 is 2.62 bits per heavy atom. The summed E-state index contributed by atoms with van der Waals surface area (Å²) in [6.45, 7) is 4.35. The van der Waals surface area contributed by atoms with Crippen LogP contribution < -0.4 is 15.4 Å². The molecule has 12 heteroatoms. The molecule has 1 aromatic carbocycles. The van der Waals surface area contributed by atoms with E-state index in [4.69, 9.17) is 19.7 Å². The third-order valence-corrected chi connectivity index (χ3v) is 6.71. The number of carbonyl (C=O) groups excluding carboxylic acids is 1. The fourth-order valence-electron chi connectivity index (χ4n) is 4.76. The maximum absolute atomic E-state index is 13.8. The van der Waals surface area contributed by atoms with Crippen LogP contribution in [0.4, 0.5) is 11.4 Å². The lowest BCUT2D eigenvalue weighted by molar-refractivity contribution is -0.122. The number of pyridine rings is 2. The van der Waals surface area contributed by atoms with Crippen LogP contribution in [-0.2, 0) is 19.0 Å². The van der Waals surface area contributed by atoms with Crippen molar-refractivity contribution in [2.45, 2.75) is 12.8 Å². The van der Waals surface area contributed by atoms with Crippen LogP contribution >= 0.6 is 0 Å². The fraction of sp³-hybridized carbons (Fsp3) is 0.464. The molecule has 12 nitrogen and oxygen atoms in total. The van der Waals surface area contributed by atoms with Gasteiger partial charge < -0.3 is 29.0 Å². The predicted octanol–water partition coefficient (Wildman–Crippen LogP) is 3.53. The predicted molar refractivity (Wildman–Crippen MR) is 153 cm³/mol. The molecule has 1 unspecified atom stereocenters. The van der Waals surface area contributed by atoms with Crippen molar-refractivity contribution in [2.75, 3.05) is 75.6 Å². The number of azide groups is 1. The molecule has 212 valence electrons. The molecule has 1 saturated heterocycles. The van der Waals surface area contributed by atoms with E-state index in [0.29, 0.717) is 65.0 Å². The average Bonchev–Trinajstić information content (AvgIpc) is 2.99. The Balaban J connectivity index is 1.31. The van der Waals surface area contributed by atoms with Gasteiger partial charge in [-0.05, 0) is 24.4 Å². The van der Waals surface area contributed by atoms with Crippen molar-refractivity contribution in [3.05, 3.63) is 75.8 Å². The fourth-order valence-corrected chi connectivity index (χ4v) is 4.76. The average molecular weight is 550 g/mol. The number of fused-ring (bicyclic) bond motifs is 1. The maximum atomic E-state index is 13.8. The van der Waals surface area contributed by atoms with Crippen molar-refractivity contribution in [3.8, 4) is 0 Å². The number of amides is 1. The third-order valence-electron chi connectivity index (χ3n) is 6.71. The minimum atomic E-state index is -0.224. The number of hydrogen-bond donors (Lipinski definition) is 1. The summed E-state index contributed by atoms with van der Waals surface area (Å²) in [6.07, 6.45) is 6.98. The van der Waals surface area contributed by atoms with Crippen LogP contribution in [0.25, 0.3) is 21.2 Å². The Morgan fingerprint density at radius 2 is 1.85 bits per heavy atom. The maximum Gasteiger partial charge on any atom is 0.248 e. The molecular weight excluding hydrogens is 514 g/mol. The van der Waals surface area contributed by atoms with Gasteiger partial charge >= 0.3 is 0 Å². The highest BCUT2D eigenvalue weighted by Crippen LogP contribution is 2.30. The molecule has 0 bridgehead atoms. The summed E-state index contributed by atoms with van der Waals surface area (Å²) in [4.78, 5) is 39.2. The molecule has 0 aliphatic carbocycles. The topological polar surface area (TPSA) is 146 Å². The van der Waals surface area contributed by atoms with Crippen molar-refractivity contribution in [3.63, 3.8) is 0 Å². The van der Waals surface area contributed by atoms with Crippen molar-refractivity contribution in [1.82, 2.24) is 9.97 Å². The number of nitrogens with zero attached hydrogens (tertiary/aromatic N) is 6. The number of benzene rings is 1. The van der Waals surface area contributed by atoms with E-state index in [9.17, 15) is 9.59 Å². The second-order valence-corrected chi connectivity index (χ2v) is 9.36. The number of aromatic nitrogens is 2. The van der Waals surface area contributed by atoms with Gasteiger partial charge in [0.15, 0.2) is 0 Å². The lowest BCUT2D eigenvalue weighted by Crippen LogP contribution is -2.46. The molecule has 0 spiro atoms. The molecule has 1 aliphatic heterocycles. The molecule has 2 aromatic heterocycles. The number of carbonyl (C=O) groups is 1. The molecule has 1 aliphatic rings. The molecule has 3 heterocycles. The SMILES string of the molecule is [N-]=[N+]=NCCOCCOCCOCCN(C(=O)C1CCCN(c2cncc3ccccc23)C1)c1ccc(=O)[nH]c1. The Kier molecular flexibility index (Phi) is 11.3. The molecule has 1 amide bonds. The van der Waals surface area contributed by atoms with E-state index in [1.165, 1.54) is 6.07 Å². The van der Waals surface area contributed by atoms with Crippen molar-refractivity contribution < 1.29 is 19.0 Å². The van der Waals surface area contributed by atoms with Crippen LogP contribution in [0.15, 0.2) is 64.9 Å². The number of aromatic amines is 1. The summed E-state index contributed by atoms with van der Waals surface area (Å²) >= 11 is 0. The van der Waals surface area contributed by atoms with Gasteiger partial charge in [-0.2, -0.15) is 0 Å². The van der Waals surface area contributed by atoms with Gasteiger partial charge in [-0.1, -0.05) is 29.4 Å². The highest BCUT2D eigenvalue weighted by molar-refractivity contribution is 5.96. The number of H-pyrrole nitrogens is 1. The van der Waals surface area contributed by atoms with Gasteiger partial charge in [-0.25, -0.2) is 0 Å². The quantitative estimate of drug-likeness (QED) is 0.132. The first-order chi connectivity index (χ1) is 19.7. The lowest BCUT2D eigenvalue weighted by atomic mass is 9.95. The zero-order chi connectivity index (χ0) is 28.0. The zero-order valence-corrected chi connectivity index (χ0v) is 22.5. The summed E-state index contributed by atoms with van der Waals surface area (Å²) < 4.78 is 16.5. The van der Waals surface area contributed by atoms with E-state index in [2.05, 4.69) is 31.0 Å². The van der Waals surface area contributed by atoms with Crippen LogP contribution in [0.2, 0.25) is 0 Å². The minimum absolute atomic E-state index is 0.00248. The van der Waals surface area contributed by atoms with E-state index >= 15 is 0 Å². The number of hydrogen-bond acceptors (Lipinski definition) is 8. The van der Waals surface area contributed by atoms with E-state index < -0.39 is 0 Å². The Hall–Kier alpha value is -3.96. The second-order valence-electron chi connectivity index (χ2n) is 9.36. The van der Waals surface area contributed by atoms with Gasteiger partial charge in [-0.3, -0.25) is 14.6 Å². The van der Waals surface area contributed by atoms with E-state index in [1.807, 2.05) is 30.6 Å². The molecule has 1 N–H and O–H groups in total. The van der Waals surface area contributed by atoms with Gasteiger partial charge in [0, 0.05) is 60.3 Å². The first-order valence-corrected chi connectivity index (χ1v) is 13.5. The Bertz CT molecular complexity index is 1320. The highest BCUT2D eigenvalue weighted by atomic mass is 16.5. The third kappa shape index (κ3) is 8.27. The molecule has 1 atom stereocenters. The molecule has 0 radical (unpaired) electrons. The summed E-state index contributed by atoms with van der Waals surface area (Å²) in [6, 6.07) is 11.2. The minimum Gasteiger partial charge on any atom is -0.379 e. The van der Waals surface area contributed by atoms with E-state index in [1.54, 1.807) is 17.2 Å². The van der Waals surface area contributed by atoms with Gasteiger partial charge in [0.1, 0.15) is 0 Å². The van der Waals surface area contributed by atoms with Crippen LogP contribution in [0.5, 0.6) is 0 Å². The van der Waals surface area contributed by atoms with E-state index in [-0.39, 0.29) is 17.4 Å². The zero-order valence-electron chi connectivity index (χ0n) is 22.5. The smallest absolute Gasteiger partial charge is 0.248 e. The summed E-state index contributed by atoms with van der Waals surface area (Å²) in [7, 11) is 0. The molecular formula is C28H35N7O5. The van der Waals surface area contributed by atoms with Gasteiger partial charge in [0.05, 0.1) is 63.1 Å². The van der Waals surface area contributed by atoms with Gasteiger partial charge in [0.2, 0.25) is 11.5 Å². The van der Waals surface area contributed by atoms with Crippen molar-refractivity contribution in [2.24, 2.45) is 11.0 Å². The van der Waals surface area contributed by atoms with Crippen molar-refractivity contribution in [1.29, 1.82) is 0 Å². The number of ether oxygens (including phenoxy) is 3. The van der Waals surface area contributed by atoms with Crippen LogP contribution in [0.3, 0.4) is 0 Å².